The SMILES string of the molecule is CC(C)(C)N(C(=O)CN)[C@@H](Cc1ccccc1)C(=O)O. The summed E-state index contributed by atoms with van der Waals surface area (Å²) in [6.45, 7) is 5.22. The summed E-state index contributed by atoms with van der Waals surface area (Å²) < 4.78 is 0. The van der Waals surface area contributed by atoms with Crippen LogP contribution in [0.15, 0.2) is 30.3 Å². The van der Waals surface area contributed by atoms with Crippen LogP contribution < -0.4 is 5.73 Å². The van der Waals surface area contributed by atoms with E-state index in [9.17, 15) is 14.7 Å². The molecule has 0 aliphatic heterocycles. The molecule has 3 N–H and O–H groups in total. The van der Waals surface area contributed by atoms with Gasteiger partial charge in [-0.25, -0.2) is 4.79 Å². The molecule has 0 fully saturated rings. The molecular formula is C15H22N2O3. The van der Waals surface area contributed by atoms with Crippen molar-refractivity contribution in [3.63, 3.8) is 0 Å². The summed E-state index contributed by atoms with van der Waals surface area (Å²) in [5.41, 5.74) is 5.69. The van der Waals surface area contributed by atoms with Gasteiger partial charge in [-0.1, -0.05) is 30.3 Å². The topological polar surface area (TPSA) is 83.6 Å². The number of nitrogens with two attached hydrogens (primary N) is 1. The first-order valence-corrected chi connectivity index (χ1v) is 6.56. The van der Waals surface area contributed by atoms with Crippen LogP contribution in [0.3, 0.4) is 0 Å². The Bertz CT molecular complexity index is 466. The molecule has 1 aromatic carbocycles. The smallest absolute Gasteiger partial charge is 0.326 e. The van der Waals surface area contributed by atoms with E-state index in [1.54, 1.807) is 0 Å². The van der Waals surface area contributed by atoms with Gasteiger partial charge in [0.05, 0.1) is 6.54 Å². The van der Waals surface area contributed by atoms with E-state index in [0.717, 1.165) is 5.56 Å². The fourth-order valence-corrected chi connectivity index (χ4v) is 2.24. The van der Waals surface area contributed by atoms with Crippen LogP contribution in [-0.2, 0) is 16.0 Å². The monoisotopic (exact) mass is 278 g/mol. The molecule has 1 atom stereocenters. The van der Waals surface area contributed by atoms with E-state index in [-0.39, 0.29) is 18.9 Å². The van der Waals surface area contributed by atoms with Crippen LogP contribution in [0.2, 0.25) is 0 Å². The maximum absolute atomic E-state index is 12.0. The molecule has 0 saturated carbocycles. The van der Waals surface area contributed by atoms with Crippen molar-refractivity contribution in [2.45, 2.75) is 38.8 Å². The Morgan fingerprint density at radius 3 is 2.20 bits per heavy atom. The van der Waals surface area contributed by atoms with Crippen molar-refractivity contribution in [3.8, 4) is 0 Å². The second-order valence-corrected chi connectivity index (χ2v) is 5.68. The standard InChI is InChI=1S/C15H22N2O3/c1-15(2,3)17(13(18)10-16)12(14(19)20)9-11-7-5-4-6-8-11/h4-8,12H,9-10,16H2,1-3H3,(H,19,20)/t12-/m0/s1. The summed E-state index contributed by atoms with van der Waals surface area (Å²) in [6.07, 6.45) is 0.263. The molecular weight excluding hydrogens is 256 g/mol. The number of hydrogen-bond acceptors (Lipinski definition) is 3. The number of hydrogen-bond donors (Lipinski definition) is 2. The summed E-state index contributed by atoms with van der Waals surface area (Å²) in [4.78, 5) is 25.0. The number of amides is 1. The number of carboxylic acids is 1. The van der Waals surface area contributed by atoms with Crippen molar-refractivity contribution >= 4 is 11.9 Å². The molecule has 0 aromatic heterocycles. The van der Waals surface area contributed by atoms with E-state index in [2.05, 4.69) is 0 Å². The second-order valence-electron chi connectivity index (χ2n) is 5.68. The van der Waals surface area contributed by atoms with Crippen LogP contribution in [-0.4, -0.2) is 40.0 Å². The molecule has 5 heteroatoms. The quantitative estimate of drug-likeness (QED) is 0.849. The van der Waals surface area contributed by atoms with Gasteiger partial charge >= 0.3 is 5.97 Å². The largest absolute Gasteiger partial charge is 0.480 e. The van der Waals surface area contributed by atoms with Gasteiger partial charge in [-0.3, -0.25) is 4.79 Å². The van der Waals surface area contributed by atoms with Gasteiger partial charge in [-0.2, -0.15) is 0 Å². The lowest BCUT2D eigenvalue weighted by Gasteiger charge is -2.39. The summed E-state index contributed by atoms with van der Waals surface area (Å²) in [6, 6.07) is 8.34. The van der Waals surface area contributed by atoms with Crippen molar-refractivity contribution < 1.29 is 14.7 Å². The number of benzene rings is 1. The maximum atomic E-state index is 12.0. The number of carbonyl (C=O) groups excluding carboxylic acids is 1. The molecule has 0 radical (unpaired) electrons. The van der Waals surface area contributed by atoms with Gasteiger partial charge in [0.15, 0.2) is 0 Å². The lowest BCUT2D eigenvalue weighted by atomic mass is 9.97. The number of nitrogens with zero attached hydrogens (tertiary/aromatic N) is 1. The molecule has 1 amide bonds. The summed E-state index contributed by atoms with van der Waals surface area (Å²) in [5.74, 6) is -1.38. The van der Waals surface area contributed by atoms with Gasteiger partial charge < -0.3 is 15.7 Å². The van der Waals surface area contributed by atoms with Crippen molar-refractivity contribution in [3.05, 3.63) is 35.9 Å². The first kappa shape index (κ1) is 16.2. The highest BCUT2D eigenvalue weighted by atomic mass is 16.4. The molecule has 0 unspecified atom stereocenters. The minimum Gasteiger partial charge on any atom is -0.480 e. The van der Waals surface area contributed by atoms with Crippen molar-refractivity contribution in [1.29, 1.82) is 0 Å². The molecule has 1 rings (SSSR count). The molecule has 0 spiro atoms. The average Bonchev–Trinajstić information content (AvgIpc) is 2.37. The van der Waals surface area contributed by atoms with E-state index in [4.69, 9.17) is 5.73 Å². The first-order chi connectivity index (χ1) is 9.27. The molecule has 5 nitrogen and oxygen atoms in total. The summed E-state index contributed by atoms with van der Waals surface area (Å²) in [5, 5.41) is 9.48. The van der Waals surface area contributed by atoms with Crippen molar-refractivity contribution in [1.82, 2.24) is 4.90 Å². The van der Waals surface area contributed by atoms with Crippen LogP contribution >= 0.6 is 0 Å². The van der Waals surface area contributed by atoms with E-state index >= 15 is 0 Å². The van der Waals surface area contributed by atoms with Crippen LogP contribution in [0.4, 0.5) is 0 Å². The van der Waals surface area contributed by atoms with E-state index in [1.165, 1.54) is 4.90 Å². The Morgan fingerprint density at radius 1 is 1.25 bits per heavy atom. The first-order valence-electron chi connectivity index (χ1n) is 6.56. The maximum Gasteiger partial charge on any atom is 0.326 e. The van der Waals surface area contributed by atoms with Crippen molar-refractivity contribution in [2.75, 3.05) is 6.54 Å². The summed E-state index contributed by atoms with van der Waals surface area (Å²) >= 11 is 0. The highest BCUT2D eigenvalue weighted by Crippen LogP contribution is 2.20. The molecule has 1 aromatic rings. The lowest BCUT2D eigenvalue weighted by molar-refractivity contribution is -0.154. The average molecular weight is 278 g/mol. The third-order valence-corrected chi connectivity index (χ3v) is 3.03. The third kappa shape index (κ3) is 4.06. The van der Waals surface area contributed by atoms with Crippen molar-refractivity contribution in [2.24, 2.45) is 5.73 Å². The van der Waals surface area contributed by atoms with Gasteiger partial charge in [0.25, 0.3) is 0 Å². The zero-order valence-electron chi connectivity index (χ0n) is 12.2. The Hall–Kier alpha value is -1.88. The summed E-state index contributed by atoms with van der Waals surface area (Å²) in [7, 11) is 0. The van der Waals surface area contributed by atoms with E-state index in [1.807, 2.05) is 51.1 Å². The predicted molar refractivity (Wildman–Crippen MR) is 77.2 cm³/mol. The number of carbonyl (C=O) groups is 2. The van der Waals surface area contributed by atoms with Gasteiger partial charge in [-0.05, 0) is 26.3 Å². The van der Waals surface area contributed by atoms with E-state index < -0.39 is 17.6 Å². The molecule has 0 aliphatic carbocycles. The highest BCUT2D eigenvalue weighted by Gasteiger charge is 2.36. The van der Waals surface area contributed by atoms with Gasteiger partial charge in [0.1, 0.15) is 6.04 Å². The third-order valence-electron chi connectivity index (χ3n) is 3.03. The van der Waals surface area contributed by atoms with Gasteiger partial charge in [0.2, 0.25) is 5.91 Å². The molecule has 20 heavy (non-hydrogen) atoms. The predicted octanol–water partition coefficient (Wildman–Crippen LogP) is 1.27. The Morgan fingerprint density at radius 2 is 1.80 bits per heavy atom. The molecule has 0 aliphatic rings. The Balaban J connectivity index is 3.09. The lowest BCUT2D eigenvalue weighted by Crippen LogP contribution is -2.57. The van der Waals surface area contributed by atoms with Crippen LogP contribution in [0.25, 0.3) is 0 Å². The highest BCUT2D eigenvalue weighted by molar-refractivity contribution is 5.85. The van der Waals surface area contributed by atoms with Gasteiger partial charge in [-0.15, -0.1) is 0 Å². The minimum absolute atomic E-state index is 0.199. The number of carboxylic acid groups (broad SMARTS) is 1. The number of rotatable bonds is 5. The minimum atomic E-state index is -1.02. The molecule has 0 bridgehead atoms. The van der Waals surface area contributed by atoms with Crippen LogP contribution in [0.1, 0.15) is 26.3 Å². The molecule has 0 saturated heterocycles. The fraction of sp³-hybridized carbons (Fsp3) is 0.467. The zero-order chi connectivity index (χ0) is 15.3. The Kier molecular flexibility index (Phi) is 5.27. The zero-order valence-corrected chi connectivity index (χ0v) is 12.2. The second kappa shape index (κ2) is 6.52. The number of aliphatic carboxylic acids is 1. The van der Waals surface area contributed by atoms with Crippen LogP contribution in [0, 0.1) is 0 Å². The van der Waals surface area contributed by atoms with Gasteiger partial charge in [0, 0.05) is 12.0 Å². The molecule has 0 heterocycles. The molecule has 110 valence electrons. The van der Waals surface area contributed by atoms with E-state index in [0.29, 0.717) is 0 Å². The van der Waals surface area contributed by atoms with Crippen LogP contribution in [0.5, 0.6) is 0 Å². The fourth-order valence-electron chi connectivity index (χ4n) is 2.24. The Labute approximate surface area is 119 Å². The normalized spacial score (nSPS) is 12.8.